The van der Waals surface area contributed by atoms with Crippen molar-refractivity contribution in [3.8, 4) is 0 Å². The topological polar surface area (TPSA) is 0 Å². The first-order chi connectivity index (χ1) is 14.3. The summed E-state index contributed by atoms with van der Waals surface area (Å²) in [6.07, 6.45) is 2.72. The Kier molecular flexibility index (Phi) is 7.16. The van der Waals surface area contributed by atoms with Gasteiger partial charge in [0.25, 0.3) is 0 Å². The first kappa shape index (κ1) is 22.2. The van der Waals surface area contributed by atoms with Crippen molar-refractivity contribution in [1.29, 1.82) is 0 Å². The quantitative estimate of drug-likeness (QED) is 0.190. The van der Waals surface area contributed by atoms with E-state index in [0.29, 0.717) is 0 Å². The molecule has 5 rings (SSSR count). The van der Waals surface area contributed by atoms with Crippen LogP contribution in [0.1, 0.15) is 0 Å². The van der Waals surface area contributed by atoms with Crippen molar-refractivity contribution >= 4 is 47.7 Å². The molecular formula is C26H25AsIP2+. The molecule has 0 spiro atoms. The molecule has 150 valence electrons. The monoisotopic (exact) mass is 601 g/mol. The van der Waals surface area contributed by atoms with Gasteiger partial charge in [-0.25, -0.2) is 0 Å². The average Bonchev–Trinajstić information content (AvgIpc) is 3.25. The molecule has 1 saturated heterocycles. The minimum absolute atomic E-state index is 0. The van der Waals surface area contributed by atoms with E-state index in [0.717, 1.165) is 0 Å². The molecule has 0 bridgehead atoms. The summed E-state index contributed by atoms with van der Waals surface area (Å²) < 4.78 is 0. The van der Waals surface area contributed by atoms with Crippen LogP contribution in [-0.2, 0) is 0 Å². The van der Waals surface area contributed by atoms with Crippen LogP contribution in [0.2, 0.25) is 0 Å². The summed E-state index contributed by atoms with van der Waals surface area (Å²) >= 11 is -0.241. The van der Waals surface area contributed by atoms with Crippen LogP contribution >= 0.6 is 11.6 Å². The van der Waals surface area contributed by atoms with E-state index in [9.17, 15) is 0 Å². The third kappa shape index (κ3) is 3.96. The molecule has 1 fully saturated rings. The average molecular weight is 601 g/mol. The van der Waals surface area contributed by atoms with Gasteiger partial charge < -0.3 is 24.0 Å². The van der Waals surface area contributed by atoms with E-state index in [1.165, 1.54) is 12.3 Å². The van der Waals surface area contributed by atoms with Crippen LogP contribution < -0.4 is 45.2 Å². The predicted molar refractivity (Wildman–Crippen MR) is 135 cm³/mol. The Morgan fingerprint density at radius 2 is 0.633 bits per heavy atom. The summed E-state index contributed by atoms with van der Waals surface area (Å²) in [5, 5.41) is 6.50. The summed E-state index contributed by atoms with van der Waals surface area (Å²) in [4.78, 5) is 0. The SMILES string of the molecule is [I-].c1ccc([P+]2(c3ccccc3)CC[P+](c3ccccc3)(c3ccccc3)[AsH]2)cc1. The van der Waals surface area contributed by atoms with Crippen molar-refractivity contribution < 1.29 is 24.0 Å². The van der Waals surface area contributed by atoms with Gasteiger partial charge >= 0.3 is 181 Å². The fraction of sp³-hybridized carbons (Fsp3) is 0.0769. The fourth-order valence-corrected chi connectivity index (χ4v) is 47.2. The molecular weight excluding hydrogens is 576 g/mol. The molecule has 1 aliphatic heterocycles. The Morgan fingerprint density at radius 3 is 0.867 bits per heavy atom. The van der Waals surface area contributed by atoms with Gasteiger partial charge in [0.05, 0.1) is 0 Å². The fourth-order valence-electron chi connectivity index (χ4n) is 4.47. The number of hydrogen-bond donors (Lipinski definition) is 0. The zero-order valence-corrected chi connectivity index (χ0v) is 22.8. The van der Waals surface area contributed by atoms with Gasteiger partial charge in [-0.1, -0.05) is 0 Å². The van der Waals surface area contributed by atoms with Crippen LogP contribution in [0.4, 0.5) is 0 Å². The van der Waals surface area contributed by atoms with E-state index >= 15 is 0 Å². The van der Waals surface area contributed by atoms with Crippen molar-refractivity contribution in [1.82, 2.24) is 0 Å². The molecule has 0 unspecified atom stereocenters. The van der Waals surface area contributed by atoms with Crippen molar-refractivity contribution in [3.63, 3.8) is 0 Å². The number of halogens is 1. The zero-order valence-electron chi connectivity index (χ0n) is 16.7. The molecule has 0 aromatic heterocycles. The van der Waals surface area contributed by atoms with Crippen molar-refractivity contribution in [2.75, 3.05) is 12.3 Å². The van der Waals surface area contributed by atoms with E-state index in [4.69, 9.17) is 0 Å². The Morgan fingerprint density at radius 1 is 0.400 bits per heavy atom. The molecule has 0 atom stereocenters. The van der Waals surface area contributed by atoms with Gasteiger partial charge in [0.15, 0.2) is 0 Å². The van der Waals surface area contributed by atoms with E-state index in [1.807, 2.05) is 0 Å². The van der Waals surface area contributed by atoms with Gasteiger partial charge in [0.2, 0.25) is 0 Å². The molecule has 0 N–H and O–H groups in total. The van der Waals surface area contributed by atoms with E-state index in [-0.39, 0.29) is 38.8 Å². The maximum absolute atomic E-state index is 2.42. The second-order valence-electron chi connectivity index (χ2n) is 7.51. The molecule has 0 nitrogen and oxygen atoms in total. The number of rotatable bonds is 4. The molecule has 0 saturated carbocycles. The van der Waals surface area contributed by atoms with Crippen LogP contribution in [0.15, 0.2) is 121 Å². The standard InChI is InChI=1S/C26H25AsP2.HI/c1-5-13-23(14-6-1)28(24-15-7-2-8-16-24)21-22-29(27-28,25-17-9-3-10-18-25)26-19-11-4-12-20-26;/h1-20,27H,21-22H2;1H/q+2;/p-1. The summed E-state index contributed by atoms with van der Waals surface area (Å²) in [6, 6.07) is 46.0. The van der Waals surface area contributed by atoms with Crippen molar-refractivity contribution in [2.45, 2.75) is 0 Å². The normalized spacial score (nSPS) is 16.5. The first-order valence-electron chi connectivity index (χ1n) is 10.1. The van der Waals surface area contributed by atoms with Gasteiger partial charge in [0, 0.05) is 0 Å². The Bertz CT molecular complexity index is 905. The van der Waals surface area contributed by atoms with E-state index in [1.54, 1.807) is 21.2 Å². The second-order valence-corrected chi connectivity index (χ2v) is 27.9. The van der Waals surface area contributed by atoms with Gasteiger partial charge in [0.1, 0.15) is 0 Å². The summed E-state index contributed by atoms with van der Waals surface area (Å²) in [6.45, 7) is 0. The molecule has 0 aliphatic carbocycles. The van der Waals surface area contributed by atoms with Crippen LogP contribution in [0.25, 0.3) is 0 Å². The van der Waals surface area contributed by atoms with Crippen molar-refractivity contribution in [2.24, 2.45) is 0 Å². The van der Waals surface area contributed by atoms with Crippen LogP contribution in [0, 0.1) is 0 Å². The second kappa shape index (κ2) is 9.66. The van der Waals surface area contributed by atoms with E-state index in [2.05, 4.69) is 121 Å². The number of benzene rings is 4. The summed E-state index contributed by atoms with van der Waals surface area (Å²) in [5.41, 5.74) is 0. The van der Waals surface area contributed by atoms with Gasteiger partial charge in [-0.2, -0.15) is 0 Å². The van der Waals surface area contributed by atoms with Crippen LogP contribution in [0.3, 0.4) is 0 Å². The summed E-state index contributed by atoms with van der Waals surface area (Å²) in [5.74, 6) is -2.66. The number of hydrogen-bond acceptors (Lipinski definition) is 0. The molecule has 0 radical (unpaired) electrons. The van der Waals surface area contributed by atoms with Gasteiger partial charge in [-0.05, 0) is 0 Å². The molecule has 4 heteroatoms. The Labute approximate surface area is 204 Å². The molecule has 4 aromatic rings. The summed E-state index contributed by atoms with van der Waals surface area (Å²) in [7, 11) is 0. The predicted octanol–water partition coefficient (Wildman–Crippen LogP) is 1.61. The maximum atomic E-state index is 2.42. The van der Waals surface area contributed by atoms with Crippen LogP contribution in [-0.4, -0.2) is 27.2 Å². The third-order valence-electron chi connectivity index (χ3n) is 5.90. The molecule has 0 amide bonds. The van der Waals surface area contributed by atoms with Gasteiger partial charge in [-0.3, -0.25) is 0 Å². The van der Waals surface area contributed by atoms with Gasteiger partial charge in [-0.15, -0.1) is 0 Å². The van der Waals surface area contributed by atoms with E-state index < -0.39 is 11.6 Å². The molecule has 1 heterocycles. The molecule has 30 heavy (non-hydrogen) atoms. The van der Waals surface area contributed by atoms with Crippen molar-refractivity contribution in [3.05, 3.63) is 121 Å². The minimum atomic E-state index is -1.33. The Hall–Kier alpha value is -0.972. The third-order valence-corrected chi connectivity index (χ3v) is 37.7. The first-order valence-corrected chi connectivity index (χ1v) is 19.7. The van der Waals surface area contributed by atoms with Crippen LogP contribution in [0.5, 0.6) is 0 Å². The zero-order chi connectivity index (χ0) is 19.6. The Balaban J connectivity index is 0.00000218. The molecule has 1 aliphatic rings. The molecule has 4 aromatic carbocycles.